The molecular formula is C28H29FN6O3. The van der Waals surface area contributed by atoms with Crippen LogP contribution in [0.1, 0.15) is 31.9 Å². The Morgan fingerprint density at radius 1 is 1.21 bits per heavy atom. The fourth-order valence-electron chi connectivity index (χ4n) is 3.74. The highest BCUT2D eigenvalue weighted by atomic mass is 19.1. The molecule has 0 aliphatic heterocycles. The summed E-state index contributed by atoms with van der Waals surface area (Å²) in [5.74, 6) is -0.265. The summed E-state index contributed by atoms with van der Waals surface area (Å²) in [6, 6.07) is 9.88. The second-order valence-electron chi connectivity index (χ2n) is 9.78. The van der Waals surface area contributed by atoms with Crippen LogP contribution in [0, 0.1) is 12.7 Å². The van der Waals surface area contributed by atoms with E-state index in [2.05, 4.69) is 25.5 Å². The van der Waals surface area contributed by atoms with Crippen molar-refractivity contribution < 1.29 is 13.9 Å². The molecule has 0 spiro atoms. The summed E-state index contributed by atoms with van der Waals surface area (Å²) in [4.78, 5) is 33.3. The van der Waals surface area contributed by atoms with Crippen molar-refractivity contribution in [1.82, 2.24) is 20.5 Å². The molecule has 2 aromatic carbocycles. The molecule has 0 fully saturated rings. The van der Waals surface area contributed by atoms with Gasteiger partial charge >= 0.3 is 0 Å². The zero-order chi connectivity index (χ0) is 27.4. The zero-order valence-corrected chi connectivity index (χ0v) is 21.6. The smallest absolute Gasteiger partial charge is 0.271 e. The summed E-state index contributed by atoms with van der Waals surface area (Å²) in [7, 11) is 0. The van der Waals surface area contributed by atoms with Crippen molar-refractivity contribution in [1.29, 1.82) is 0 Å². The number of fused-ring (bicyclic) bond motifs is 1. The fourth-order valence-corrected chi connectivity index (χ4v) is 3.74. The number of carbonyl (C=O) groups is 1. The largest absolute Gasteiger partial charge is 0.456 e. The second-order valence-corrected chi connectivity index (χ2v) is 9.78. The molecular weight excluding hydrogens is 487 g/mol. The van der Waals surface area contributed by atoms with Gasteiger partial charge in [0.25, 0.3) is 5.56 Å². The Hall–Kier alpha value is -4.73. The van der Waals surface area contributed by atoms with Gasteiger partial charge in [-0.2, -0.15) is 0 Å². The number of hydrogen-bond acceptors (Lipinski definition) is 6. The van der Waals surface area contributed by atoms with E-state index in [4.69, 9.17) is 10.5 Å². The van der Waals surface area contributed by atoms with Crippen molar-refractivity contribution in [2.75, 3.05) is 0 Å². The van der Waals surface area contributed by atoms with Crippen LogP contribution in [-0.2, 0) is 11.2 Å². The van der Waals surface area contributed by atoms with Crippen LogP contribution in [0.15, 0.2) is 70.5 Å². The normalized spacial score (nSPS) is 12.3. The molecule has 0 bridgehead atoms. The molecule has 196 valence electrons. The average Bonchev–Trinajstić information content (AvgIpc) is 3.30. The molecule has 0 unspecified atom stereocenters. The summed E-state index contributed by atoms with van der Waals surface area (Å²) in [5.41, 5.74) is 8.00. The van der Waals surface area contributed by atoms with E-state index in [1.807, 2.05) is 20.8 Å². The Morgan fingerprint density at radius 3 is 2.68 bits per heavy atom. The number of pyridine rings is 1. The minimum Gasteiger partial charge on any atom is -0.456 e. The summed E-state index contributed by atoms with van der Waals surface area (Å²) in [6.07, 6.45) is 5.70. The first-order valence-electron chi connectivity index (χ1n) is 11.9. The average molecular weight is 517 g/mol. The van der Waals surface area contributed by atoms with Crippen LogP contribution in [0.5, 0.6) is 11.5 Å². The van der Waals surface area contributed by atoms with Crippen LogP contribution in [0.3, 0.4) is 0 Å². The van der Waals surface area contributed by atoms with Gasteiger partial charge in [0.2, 0.25) is 5.91 Å². The van der Waals surface area contributed by atoms with Gasteiger partial charge in [0, 0.05) is 36.3 Å². The number of H-pyrrole nitrogens is 2. The third-order valence-electron chi connectivity index (χ3n) is 5.63. The molecule has 0 atom stereocenters. The molecule has 4 rings (SSSR count). The number of nitrogens with two attached hydrogens (primary N) is 1. The molecule has 9 nitrogen and oxygen atoms in total. The molecule has 5 N–H and O–H groups in total. The number of aliphatic imine (C=N–C) groups is 1. The molecule has 0 aliphatic carbocycles. The highest BCUT2D eigenvalue weighted by Crippen LogP contribution is 2.34. The number of carbonyl (C=O) groups excluding carboxylic acids is 1. The van der Waals surface area contributed by atoms with E-state index in [1.165, 1.54) is 18.5 Å². The maximum Gasteiger partial charge on any atom is 0.271 e. The first-order chi connectivity index (χ1) is 18.0. The topological polar surface area (TPSA) is 138 Å². The predicted octanol–water partition coefficient (Wildman–Crippen LogP) is 4.49. The van der Waals surface area contributed by atoms with Crippen LogP contribution in [-0.4, -0.2) is 32.8 Å². The lowest BCUT2D eigenvalue weighted by atomic mass is 10.1. The molecule has 0 radical (unpaired) electrons. The number of benzene rings is 2. The first-order valence-corrected chi connectivity index (χ1v) is 11.9. The van der Waals surface area contributed by atoms with Crippen LogP contribution < -0.4 is 21.3 Å². The lowest BCUT2D eigenvalue weighted by molar-refractivity contribution is -0.119. The summed E-state index contributed by atoms with van der Waals surface area (Å²) in [6.45, 7) is 7.51. The van der Waals surface area contributed by atoms with Crippen molar-refractivity contribution in [3.63, 3.8) is 0 Å². The number of aromatic amines is 2. The molecule has 2 heterocycles. The van der Waals surface area contributed by atoms with E-state index in [-0.39, 0.29) is 23.1 Å². The van der Waals surface area contributed by atoms with Crippen LogP contribution in [0.4, 0.5) is 4.39 Å². The van der Waals surface area contributed by atoms with Gasteiger partial charge in [0.1, 0.15) is 17.3 Å². The van der Waals surface area contributed by atoms with Crippen LogP contribution in [0.25, 0.3) is 22.0 Å². The maximum atomic E-state index is 15.0. The summed E-state index contributed by atoms with van der Waals surface area (Å²) in [5, 5.41) is 8.51. The van der Waals surface area contributed by atoms with Gasteiger partial charge in [0.05, 0.1) is 28.7 Å². The molecule has 2 aromatic heterocycles. The Bertz CT molecular complexity index is 1610. The molecule has 1 amide bonds. The highest BCUT2D eigenvalue weighted by Gasteiger charge is 2.15. The predicted molar refractivity (Wildman–Crippen MR) is 146 cm³/mol. The van der Waals surface area contributed by atoms with Gasteiger partial charge in [0.15, 0.2) is 0 Å². The summed E-state index contributed by atoms with van der Waals surface area (Å²) >= 11 is 0. The monoisotopic (exact) mass is 516 g/mol. The number of aryl methyl sites for hydroxylation is 1. The second kappa shape index (κ2) is 10.7. The van der Waals surface area contributed by atoms with E-state index >= 15 is 4.39 Å². The number of nitrogens with one attached hydrogen (secondary N) is 3. The SMILES string of the molecule is Cc1cc(CC(=O)N/C(C=NC(C)(C)C)=C/N)c(F)cc1Oc1ccnc2ccc(-c3c[nH][nH]c3=O)cc12. The fraction of sp³-hybridized carbons (Fsp3) is 0.214. The molecule has 0 saturated carbocycles. The minimum atomic E-state index is -0.583. The molecule has 0 saturated heterocycles. The molecule has 38 heavy (non-hydrogen) atoms. The van der Waals surface area contributed by atoms with Gasteiger partial charge in [-0.05, 0) is 68.7 Å². The highest BCUT2D eigenvalue weighted by molar-refractivity contribution is 5.90. The number of halogens is 1. The number of rotatable bonds is 7. The van der Waals surface area contributed by atoms with E-state index in [0.717, 1.165) is 0 Å². The number of allylic oxidation sites excluding steroid dienone is 1. The van der Waals surface area contributed by atoms with Gasteiger partial charge in [-0.3, -0.25) is 24.7 Å². The van der Waals surface area contributed by atoms with Gasteiger partial charge < -0.3 is 20.9 Å². The van der Waals surface area contributed by atoms with Gasteiger partial charge in [-0.1, -0.05) is 6.07 Å². The zero-order valence-electron chi connectivity index (χ0n) is 21.6. The van der Waals surface area contributed by atoms with Crippen molar-refractivity contribution in [2.45, 2.75) is 39.7 Å². The third-order valence-corrected chi connectivity index (χ3v) is 5.63. The number of amides is 1. The van der Waals surface area contributed by atoms with E-state index in [9.17, 15) is 9.59 Å². The molecule has 10 heteroatoms. The standard InChI is InChI=1S/C28H29FN6O3/c1-16-9-18(11-26(36)34-19(13-30)14-32-28(2,3)4)22(29)12-25(16)38-24-7-8-31-23-6-5-17(10-20(23)24)21-15-33-35-27(21)37/h5-10,12-15H,11,30H2,1-4H3,(H,34,36)(H2,33,35,37)/b19-13+,32-14?. The van der Waals surface area contributed by atoms with Gasteiger partial charge in [-0.25, -0.2) is 4.39 Å². The van der Waals surface area contributed by atoms with E-state index in [0.29, 0.717) is 44.8 Å². The Kier molecular flexibility index (Phi) is 7.43. The molecule has 0 aliphatic rings. The quantitative estimate of drug-likeness (QED) is 0.268. The summed E-state index contributed by atoms with van der Waals surface area (Å²) < 4.78 is 21.1. The Balaban J connectivity index is 1.56. The minimum absolute atomic E-state index is 0.194. The van der Waals surface area contributed by atoms with Crippen LogP contribution >= 0.6 is 0 Å². The number of aromatic nitrogens is 3. The number of hydrogen-bond donors (Lipinski definition) is 4. The van der Waals surface area contributed by atoms with Crippen LogP contribution in [0.2, 0.25) is 0 Å². The number of ether oxygens (including phenoxy) is 1. The maximum absolute atomic E-state index is 15.0. The van der Waals surface area contributed by atoms with E-state index in [1.54, 1.807) is 49.6 Å². The van der Waals surface area contributed by atoms with Crippen molar-refractivity contribution >= 4 is 23.0 Å². The first kappa shape index (κ1) is 26.3. The third kappa shape index (κ3) is 6.15. The van der Waals surface area contributed by atoms with Crippen molar-refractivity contribution in [3.8, 4) is 22.6 Å². The Morgan fingerprint density at radius 2 is 2.00 bits per heavy atom. The van der Waals surface area contributed by atoms with E-state index < -0.39 is 11.7 Å². The molecule has 4 aromatic rings. The Labute approximate surface area is 218 Å². The van der Waals surface area contributed by atoms with Crippen molar-refractivity contribution in [3.05, 3.63) is 88.0 Å². The van der Waals surface area contributed by atoms with Crippen molar-refractivity contribution in [2.24, 2.45) is 10.7 Å². The van der Waals surface area contributed by atoms with Gasteiger partial charge in [-0.15, -0.1) is 0 Å². The lowest BCUT2D eigenvalue weighted by Gasteiger charge is -2.14. The number of nitrogens with zero attached hydrogens (tertiary/aromatic N) is 2. The lowest BCUT2D eigenvalue weighted by Crippen LogP contribution is -2.27.